The molecule has 0 rings (SSSR count). The molecule has 1 atom stereocenters. The smallest absolute Gasteiger partial charge is 0.306 e. The molecule has 6 nitrogen and oxygen atoms in total. The van der Waals surface area contributed by atoms with Crippen molar-refractivity contribution < 1.29 is 28.6 Å². The number of esters is 3. The molecule has 0 amide bonds. The van der Waals surface area contributed by atoms with Crippen molar-refractivity contribution in [2.45, 2.75) is 232 Å². The van der Waals surface area contributed by atoms with Crippen molar-refractivity contribution in [3.63, 3.8) is 0 Å². The Morgan fingerprint density at radius 1 is 0.323 bits per heavy atom. The van der Waals surface area contributed by atoms with Gasteiger partial charge in [-0.15, -0.1) is 0 Å². The van der Waals surface area contributed by atoms with Crippen LogP contribution in [0.25, 0.3) is 0 Å². The molecule has 368 valence electrons. The Balaban J connectivity index is 4.33. The Hall–Kier alpha value is -3.93. The molecule has 0 saturated carbocycles. The van der Waals surface area contributed by atoms with Crippen LogP contribution in [0.3, 0.4) is 0 Å². The van der Waals surface area contributed by atoms with Crippen molar-refractivity contribution >= 4 is 17.9 Å². The van der Waals surface area contributed by atoms with E-state index < -0.39 is 6.10 Å². The topological polar surface area (TPSA) is 78.9 Å². The standard InChI is InChI=1S/C59H96O6/c1-4-7-10-13-16-19-21-22-23-24-25-26-27-28-29-30-31-32-33-34-35-36-38-40-43-46-49-52-58(61)64-55-56(54-63-57(60)51-48-45-42-39-18-15-12-9-6-3)65-59(62)53-50-47-44-41-37-20-17-14-11-8-5-2/h7,10,14,16-17,19,22-23,25-26,28-29,31-32,34-35,38,40,56H,4-6,8-9,11-13,15,18,20-21,24,27,30,33,36-37,39,41-55H2,1-3H3/b10-7-,17-14-,19-16-,23-22-,26-25-,29-28-,32-31-,35-34-,40-38-. The maximum atomic E-state index is 12.7. The number of hydrogen-bond donors (Lipinski definition) is 0. The van der Waals surface area contributed by atoms with Crippen LogP contribution in [0.2, 0.25) is 0 Å². The SMILES string of the molecule is CC/C=C\C/C=C\C/C=C\C/C=C\C/C=C\C/C=C\C/C=C\C/C=C\CCCCC(=O)OCC(COC(=O)CCCCCCCCCCC)OC(=O)CCCCCCC/C=C\CCCC. The second-order valence-corrected chi connectivity index (χ2v) is 17.1. The highest BCUT2D eigenvalue weighted by Gasteiger charge is 2.19. The van der Waals surface area contributed by atoms with Gasteiger partial charge in [-0.25, -0.2) is 0 Å². The molecule has 1 unspecified atom stereocenters. The number of ether oxygens (including phenoxy) is 3. The summed E-state index contributed by atoms with van der Waals surface area (Å²) in [6.07, 6.45) is 70.9. The zero-order valence-corrected chi connectivity index (χ0v) is 42.0. The van der Waals surface area contributed by atoms with Crippen LogP contribution in [0.1, 0.15) is 226 Å². The number of rotatable bonds is 46. The summed E-state index contributed by atoms with van der Waals surface area (Å²) in [4.78, 5) is 37.8. The van der Waals surface area contributed by atoms with Crippen molar-refractivity contribution in [2.24, 2.45) is 0 Å². The summed E-state index contributed by atoms with van der Waals surface area (Å²) in [7, 11) is 0. The fourth-order valence-electron chi connectivity index (χ4n) is 6.79. The molecule has 0 aliphatic heterocycles. The molecule has 0 radical (unpaired) electrons. The quantitative estimate of drug-likeness (QED) is 0.0262. The molecule has 0 aromatic heterocycles. The van der Waals surface area contributed by atoms with Gasteiger partial charge in [0.2, 0.25) is 0 Å². The summed E-state index contributed by atoms with van der Waals surface area (Å²) >= 11 is 0. The van der Waals surface area contributed by atoms with Gasteiger partial charge in [0.25, 0.3) is 0 Å². The average molecular weight is 901 g/mol. The summed E-state index contributed by atoms with van der Waals surface area (Å²) < 4.78 is 16.7. The summed E-state index contributed by atoms with van der Waals surface area (Å²) in [5, 5.41) is 0. The molecule has 0 heterocycles. The van der Waals surface area contributed by atoms with Gasteiger partial charge in [0.15, 0.2) is 6.10 Å². The van der Waals surface area contributed by atoms with Crippen molar-refractivity contribution in [3.8, 4) is 0 Å². The van der Waals surface area contributed by atoms with Gasteiger partial charge in [-0.05, 0) is 103 Å². The number of unbranched alkanes of at least 4 members (excludes halogenated alkanes) is 17. The Morgan fingerprint density at radius 2 is 0.615 bits per heavy atom. The summed E-state index contributed by atoms with van der Waals surface area (Å²) in [5.74, 6) is -0.960. The van der Waals surface area contributed by atoms with Crippen LogP contribution in [0, 0.1) is 0 Å². The molecule has 0 aromatic carbocycles. The van der Waals surface area contributed by atoms with Crippen molar-refractivity contribution in [1.29, 1.82) is 0 Å². The van der Waals surface area contributed by atoms with E-state index in [0.717, 1.165) is 122 Å². The Bertz CT molecular complexity index is 1360. The molecule has 0 aliphatic rings. The Kier molecular flexibility index (Phi) is 49.5. The molecule has 0 spiro atoms. The van der Waals surface area contributed by atoms with E-state index in [-0.39, 0.29) is 31.1 Å². The van der Waals surface area contributed by atoms with Gasteiger partial charge in [-0.1, -0.05) is 214 Å². The highest BCUT2D eigenvalue weighted by atomic mass is 16.6. The molecule has 65 heavy (non-hydrogen) atoms. The maximum absolute atomic E-state index is 12.7. The second kappa shape index (κ2) is 52.7. The van der Waals surface area contributed by atoms with E-state index in [1.807, 2.05) is 0 Å². The Labute approximate surface area is 400 Å². The van der Waals surface area contributed by atoms with Gasteiger partial charge in [0.1, 0.15) is 13.2 Å². The molecule has 0 aromatic rings. The monoisotopic (exact) mass is 901 g/mol. The second-order valence-electron chi connectivity index (χ2n) is 17.1. The van der Waals surface area contributed by atoms with E-state index in [1.54, 1.807) is 0 Å². The van der Waals surface area contributed by atoms with Crippen LogP contribution in [0.4, 0.5) is 0 Å². The fourth-order valence-corrected chi connectivity index (χ4v) is 6.79. The van der Waals surface area contributed by atoms with Crippen molar-refractivity contribution in [1.82, 2.24) is 0 Å². The van der Waals surface area contributed by atoms with Gasteiger partial charge < -0.3 is 14.2 Å². The molecule has 0 fully saturated rings. The van der Waals surface area contributed by atoms with Crippen LogP contribution in [0.5, 0.6) is 0 Å². The van der Waals surface area contributed by atoms with Crippen molar-refractivity contribution in [2.75, 3.05) is 13.2 Å². The largest absolute Gasteiger partial charge is 0.462 e. The lowest BCUT2D eigenvalue weighted by molar-refractivity contribution is -0.167. The van der Waals surface area contributed by atoms with Gasteiger partial charge in [-0.2, -0.15) is 0 Å². The predicted molar refractivity (Wildman–Crippen MR) is 279 cm³/mol. The predicted octanol–water partition coefficient (Wildman–Crippen LogP) is 17.5. The van der Waals surface area contributed by atoms with Crippen LogP contribution in [-0.4, -0.2) is 37.2 Å². The minimum atomic E-state index is -0.798. The number of allylic oxidation sites excluding steroid dienone is 18. The molecule has 0 saturated heterocycles. The highest BCUT2D eigenvalue weighted by molar-refractivity contribution is 5.71. The van der Waals surface area contributed by atoms with E-state index in [4.69, 9.17) is 14.2 Å². The minimum absolute atomic E-state index is 0.0955. The van der Waals surface area contributed by atoms with Crippen LogP contribution >= 0.6 is 0 Å². The molecule has 0 aliphatic carbocycles. The first-order chi connectivity index (χ1) is 32.0. The summed E-state index contributed by atoms with van der Waals surface area (Å²) in [5.41, 5.74) is 0. The van der Waals surface area contributed by atoms with E-state index >= 15 is 0 Å². The fraction of sp³-hybridized carbons (Fsp3) is 0.644. The van der Waals surface area contributed by atoms with E-state index in [1.165, 1.54) is 64.2 Å². The van der Waals surface area contributed by atoms with E-state index in [0.29, 0.717) is 19.3 Å². The lowest BCUT2D eigenvalue weighted by Gasteiger charge is -2.18. The number of carbonyl (C=O) groups excluding carboxylic acids is 3. The molecule has 0 bridgehead atoms. The molecular weight excluding hydrogens is 805 g/mol. The van der Waals surface area contributed by atoms with Gasteiger partial charge in [0.05, 0.1) is 0 Å². The normalized spacial score (nSPS) is 13.0. The lowest BCUT2D eigenvalue weighted by Crippen LogP contribution is -2.30. The lowest BCUT2D eigenvalue weighted by atomic mass is 10.1. The molecular formula is C59H96O6. The summed E-state index contributed by atoms with van der Waals surface area (Å²) in [6, 6.07) is 0. The first kappa shape index (κ1) is 61.1. The van der Waals surface area contributed by atoms with Crippen LogP contribution in [0.15, 0.2) is 109 Å². The van der Waals surface area contributed by atoms with Gasteiger partial charge >= 0.3 is 17.9 Å². The van der Waals surface area contributed by atoms with Gasteiger partial charge in [0, 0.05) is 19.3 Å². The first-order valence-electron chi connectivity index (χ1n) is 26.4. The third-order valence-electron chi connectivity index (χ3n) is 10.8. The third kappa shape index (κ3) is 50.9. The Morgan fingerprint density at radius 3 is 1.03 bits per heavy atom. The minimum Gasteiger partial charge on any atom is -0.462 e. The van der Waals surface area contributed by atoms with E-state index in [9.17, 15) is 14.4 Å². The van der Waals surface area contributed by atoms with Crippen LogP contribution in [-0.2, 0) is 28.6 Å². The zero-order chi connectivity index (χ0) is 47.2. The summed E-state index contributed by atoms with van der Waals surface area (Å²) in [6.45, 7) is 6.40. The average Bonchev–Trinajstić information content (AvgIpc) is 3.30. The number of hydrogen-bond acceptors (Lipinski definition) is 6. The molecule has 0 N–H and O–H groups in total. The molecule has 6 heteroatoms. The first-order valence-corrected chi connectivity index (χ1v) is 26.4. The number of carbonyl (C=O) groups is 3. The van der Waals surface area contributed by atoms with Gasteiger partial charge in [-0.3, -0.25) is 14.4 Å². The zero-order valence-electron chi connectivity index (χ0n) is 42.0. The highest BCUT2D eigenvalue weighted by Crippen LogP contribution is 2.13. The van der Waals surface area contributed by atoms with E-state index in [2.05, 4.69) is 130 Å². The third-order valence-corrected chi connectivity index (χ3v) is 10.8. The maximum Gasteiger partial charge on any atom is 0.306 e. The van der Waals surface area contributed by atoms with Crippen LogP contribution < -0.4 is 0 Å². The van der Waals surface area contributed by atoms with Crippen molar-refractivity contribution in [3.05, 3.63) is 109 Å².